The van der Waals surface area contributed by atoms with Crippen molar-refractivity contribution >= 4 is 61.9 Å². The van der Waals surface area contributed by atoms with Crippen LogP contribution in [0.3, 0.4) is 0 Å². The molecular formula is C23H16ClN3O4S. The zero-order chi connectivity index (χ0) is 22.8. The van der Waals surface area contributed by atoms with E-state index in [-0.39, 0.29) is 21.5 Å². The first-order chi connectivity index (χ1) is 15.3. The number of rotatable bonds is 5. The molecule has 1 heterocycles. The number of hydrogen-bond donors (Lipinski definition) is 2. The molecule has 0 aliphatic heterocycles. The molecule has 0 unspecified atom stereocenters. The van der Waals surface area contributed by atoms with Crippen molar-refractivity contribution in [2.45, 2.75) is 6.92 Å². The lowest BCUT2D eigenvalue weighted by atomic mass is 10.1. The van der Waals surface area contributed by atoms with Gasteiger partial charge in [0.15, 0.2) is 0 Å². The molecular weight excluding hydrogens is 450 g/mol. The zero-order valence-electron chi connectivity index (χ0n) is 16.7. The van der Waals surface area contributed by atoms with E-state index < -0.39 is 10.8 Å². The smallest absolute Gasteiger partial charge is 0.287 e. The summed E-state index contributed by atoms with van der Waals surface area (Å²) in [5.74, 6) is -0.760. The number of aryl methyl sites for hydroxylation is 1. The van der Waals surface area contributed by atoms with Crippen LogP contribution in [0.25, 0.3) is 10.1 Å². The number of non-ortho nitro benzene ring substituents is 1. The minimum Gasteiger partial charge on any atom is -0.322 e. The fourth-order valence-corrected chi connectivity index (χ4v) is 4.71. The molecule has 7 nitrogen and oxygen atoms in total. The SMILES string of the molecule is Cc1cccc(C(=O)Nc2cccc(NC(=O)c3sc4c([N+](=O)[O-])cccc4c3Cl)c2)c1. The Balaban J connectivity index is 1.56. The molecule has 0 aliphatic carbocycles. The number of hydrogen-bond acceptors (Lipinski definition) is 5. The minimum atomic E-state index is -0.503. The summed E-state index contributed by atoms with van der Waals surface area (Å²) < 4.78 is 0.340. The molecule has 4 rings (SSSR count). The molecule has 0 radical (unpaired) electrons. The first-order valence-electron chi connectivity index (χ1n) is 9.48. The molecule has 9 heteroatoms. The average Bonchev–Trinajstić information content (AvgIpc) is 3.10. The van der Waals surface area contributed by atoms with Gasteiger partial charge >= 0.3 is 0 Å². The first kappa shape index (κ1) is 21.5. The third-order valence-corrected chi connectivity index (χ3v) is 6.43. The molecule has 32 heavy (non-hydrogen) atoms. The molecule has 3 aromatic carbocycles. The topological polar surface area (TPSA) is 101 Å². The van der Waals surface area contributed by atoms with Crippen LogP contribution in [0.4, 0.5) is 17.1 Å². The van der Waals surface area contributed by atoms with E-state index in [0.29, 0.717) is 27.0 Å². The summed E-state index contributed by atoms with van der Waals surface area (Å²) in [4.78, 5) is 36.3. The number of halogens is 1. The van der Waals surface area contributed by atoms with E-state index in [4.69, 9.17) is 11.6 Å². The van der Waals surface area contributed by atoms with Crippen molar-refractivity contribution in [2.75, 3.05) is 10.6 Å². The van der Waals surface area contributed by atoms with Gasteiger partial charge in [-0.3, -0.25) is 19.7 Å². The highest BCUT2D eigenvalue weighted by Crippen LogP contribution is 2.40. The van der Waals surface area contributed by atoms with Crippen LogP contribution in [0, 0.1) is 17.0 Å². The zero-order valence-corrected chi connectivity index (χ0v) is 18.3. The van der Waals surface area contributed by atoms with E-state index in [0.717, 1.165) is 16.9 Å². The highest BCUT2D eigenvalue weighted by Gasteiger charge is 2.23. The molecule has 0 bridgehead atoms. The Morgan fingerprint density at radius 2 is 1.59 bits per heavy atom. The highest BCUT2D eigenvalue weighted by molar-refractivity contribution is 7.22. The van der Waals surface area contributed by atoms with Crippen molar-refractivity contribution in [1.29, 1.82) is 0 Å². The van der Waals surface area contributed by atoms with Crippen molar-refractivity contribution in [1.82, 2.24) is 0 Å². The van der Waals surface area contributed by atoms with Crippen molar-refractivity contribution in [3.63, 3.8) is 0 Å². The molecule has 0 atom stereocenters. The largest absolute Gasteiger partial charge is 0.322 e. The molecule has 4 aromatic rings. The Morgan fingerprint density at radius 1 is 0.938 bits per heavy atom. The van der Waals surface area contributed by atoms with Crippen LogP contribution in [-0.4, -0.2) is 16.7 Å². The maximum absolute atomic E-state index is 12.8. The molecule has 0 aliphatic rings. The molecule has 0 saturated carbocycles. The second-order valence-corrected chi connectivity index (χ2v) is 8.41. The van der Waals surface area contributed by atoms with Crippen LogP contribution in [0.5, 0.6) is 0 Å². The quantitative estimate of drug-likeness (QED) is 0.267. The number of benzene rings is 3. The van der Waals surface area contributed by atoms with Gasteiger partial charge in [-0.25, -0.2) is 0 Å². The van der Waals surface area contributed by atoms with Gasteiger partial charge in [-0.05, 0) is 37.3 Å². The van der Waals surface area contributed by atoms with Gasteiger partial charge in [-0.15, -0.1) is 11.3 Å². The molecule has 0 saturated heterocycles. The van der Waals surface area contributed by atoms with Crippen LogP contribution in [0.1, 0.15) is 25.6 Å². The van der Waals surface area contributed by atoms with E-state index in [2.05, 4.69) is 10.6 Å². The van der Waals surface area contributed by atoms with Gasteiger partial charge in [-0.1, -0.05) is 47.5 Å². The predicted octanol–water partition coefficient (Wildman–Crippen LogP) is 6.28. The number of nitrogens with zero attached hydrogens (tertiary/aromatic N) is 1. The maximum Gasteiger partial charge on any atom is 0.287 e. The molecule has 2 N–H and O–H groups in total. The van der Waals surface area contributed by atoms with Crippen molar-refractivity contribution in [3.8, 4) is 0 Å². The molecule has 1 aromatic heterocycles. The Bertz CT molecular complexity index is 1380. The van der Waals surface area contributed by atoms with Gasteiger partial charge in [0, 0.05) is 28.4 Å². The van der Waals surface area contributed by atoms with E-state index in [9.17, 15) is 19.7 Å². The minimum absolute atomic E-state index is 0.102. The second kappa shape index (κ2) is 8.78. The summed E-state index contributed by atoms with van der Waals surface area (Å²) in [6.45, 7) is 1.90. The lowest BCUT2D eigenvalue weighted by Gasteiger charge is -2.09. The summed E-state index contributed by atoms with van der Waals surface area (Å²) in [5.41, 5.74) is 2.35. The van der Waals surface area contributed by atoms with Crippen LogP contribution < -0.4 is 10.6 Å². The van der Waals surface area contributed by atoms with E-state index in [1.165, 1.54) is 12.1 Å². The number of nitro benzene ring substituents is 1. The van der Waals surface area contributed by atoms with E-state index in [1.807, 2.05) is 13.0 Å². The standard InChI is InChI=1S/C23H16ClN3O4S/c1-13-5-2-6-14(11-13)22(28)25-15-7-3-8-16(12-15)26-23(29)21-19(24)17-9-4-10-18(27(30)31)20(17)32-21/h2-12H,1H3,(H,25,28)(H,26,29). The lowest BCUT2D eigenvalue weighted by molar-refractivity contribution is -0.382. The number of amides is 2. The Hall–Kier alpha value is -3.75. The van der Waals surface area contributed by atoms with Crippen molar-refractivity contribution < 1.29 is 14.5 Å². The van der Waals surface area contributed by atoms with E-state index >= 15 is 0 Å². The van der Waals surface area contributed by atoms with E-state index in [1.54, 1.807) is 48.5 Å². The number of thiophene rings is 1. The molecule has 0 fully saturated rings. The fourth-order valence-electron chi connectivity index (χ4n) is 3.22. The van der Waals surface area contributed by atoms with Crippen LogP contribution in [0.15, 0.2) is 66.7 Å². The number of anilines is 2. The second-order valence-electron chi connectivity index (χ2n) is 7.01. The predicted molar refractivity (Wildman–Crippen MR) is 127 cm³/mol. The summed E-state index contributed by atoms with van der Waals surface area (Å²) in [6, 6.07) is 18.4. The lowest BCUT2D eigenvalue weighted by Crippen LogP contribution is -2.13. The summed E-state index contributed by atoms with van der Waals surface area (Å²) in [5, 5.41) is 17.4. The van der Waals surface area contributed by atoms with Crippen LogP contribution in [0.2, 0.25) is 5.02 Å². The van der Waals surface area contributed by atoms with Gasteiger partial charge < -0.3 is 10.6 Å². The van der Waals surface area contributed by atoms with Gasteiger partial charge in [0.1, 0.15) is 9.58 Å². The van der Waals surface area contributed by atoms with Gasteiger partial charge in [0.25, 0.3) is 17.5 Å². The van der Waals surface area contributed by atoms with Gasteiger partial charge in [0.2, 0.25) is 0 Å². The number of fused-ring (bicyclic) bond motifs is 1. The average molecular weight is 466 g/mol. The normalized spacial score (nSPS) is 10.7. The Kier molecular flexibility index (Phi) is 5.89. The molecule has 160 valence electrons. The van der Waals surface area contributed by atoms with Crippen LogP contribution >= 0.6 is 22.9 Å². The third kappa shape index (κ3) is 4.32. The van der Waals surface area contributed by atoms with Gasteiger partial charge in [0.05, 0.1) is 9.95 Å². The number of nitrogens with one attached hydrogen (secondary N) is 2. The molecule has 2 amide bonds. The van der Waals surface area contributed by atoms with Crippen molar-refractivity contribution in [3.05, 3.63) is 97.9 Å². The summed E-state index contributed by atoms with van der Waals surface area (Å²) in [6.07, 6.45) is 0. The van der Waals surface area contributed by atoms with Gasteiger partial charge in [-0.2, -0.15) is 0 Å². The number of carbonyl (C=O) groups excluding carboxylic acids is 2. The number of nitro groups is 1. The summed E-state index contributed by atoms with van der Waals surface area (Å²) in [7, 11) is 0. The maximum atomic E-state index is 12.8. The van der Waals surface area contributed by atoms with Crippen LogP contribution in [-0.2, 0) is 0 Å². The fraction of sp³-hybridized carbons (Fsp3) is 0.0435. The highest BCUT2D eigenvalue weighted by atomic mass is 35.5. The molecule has 0 spiro atoms. The monoisotopic (exact) mass is 465 g/mol. The van der Waals surface area contributed by atoms with Crippen molar-refractivity contribution in [2.24, 2.45) is 0 Å². The Labute approximate surface area is 191 Å². The third-order valence-electron chi connectivity index (χ3n) is 4.70. The number of carbonyl (C=O) groups is 2. The first-order valence-corrected chi connectivity index (χ1v) is 10.7. The Morgan fingerprint density at radius 3 is 2.28 bits per heavy atom. The summed E-state index contributed by atoms with van der Waals surface area (Å²) >= 11 is 7.31.